The average Bonchev–Trinajstić information content (AvgIpc) is 2.02. The van der Waals surface area contributed by atoms with Crippen LogP contribution in [0.5, 0.6) is 0 Å². The zero-order valence-corrected chi connectivity index (χ0v) is 8.59. The smallest absolute Gasteiger partial charge is 0.303 e. The predicted molar refractivity (Wildman–Crippen MR) is 51.6 cm³/mol. The van der Waals surface area contributed by atoms with Gasteiger partial charge < -0.3 is 10.2 Å². The first-order chi connectivity index (χ1) is 6.52. The molecule has 0 atom stereocenters. The number of hydrogen-bond donors (Lipinski definition) is 2. The summed E-state index contributed by atoms with van der Waals surface area (Å²) in [6.45, 7) is 0. The Hall–Kier alpha value is -0.910. The lowest BCUT2D eigenvalue weighted by Crippen LogP contribution is -2.07. The van der Waals surface area contributed by atoms with Crippen molar-refractivity contribution in [3.05, 3.63) is 0 Å². The van der Waals surface area contributed by atoms with Crippen LogP contribution < -0.4 is 0 Å². The van der Waals surface area contributed by atoms with Gasteiger partial charge in [0.2, 0.25) is 0 Å². The lowest BCUT2D eigenvalue weighted by molar-refractivity contribution is -0.138. The Morgan fingerprint density at radius 2 is 1.29 bits per heavy atom. The number of rotatable bonds is 8. The van der Waals surface area contributed by atoms with Gasteiger partial charge in [-0.2, -0.15) is 0 Å². The highest BCUT2D eigenvalue weighted by molar-refractivity contribution is 7.84. The Morgan fingerprint density at radius 3 is 1.57 bits per heavy atom. The van der Waals surface area contributed by atoms with Crippen molar-refractivity contribution in [1.29, 1.82) is 0 Å². The van der Waals surface area contributed by atoms with Crippen LogP contribution in [-0.2, 0) is 20.4 Å². The van der Waals surface area contributed by atoms with Gasteiger partial charge in [0.25, 0.3) is 0 Å². The molecule has 82 valence electrons. The van der Waals surface area contributed by atoms with Gasteiger partial charge in [-0.15, -0.1) is 0 Å². The molecule has 0 saturated carbocycles. The first-order valence-electron chi connectivity index (χ1n) is 4.31. The van der Waals surface area contributed by atoms with Gasteiger partial charge in [-0.1, -0.05) is 0 Å². The van der Waals surface area contributed by atoms with Gasteiger partial charge in [-0.05, 0) is 12.8 Å². The van der Waals surface area contributed by atoms with E-state index in [9.17, 15) is 13.8 Å². The second-order valence-electron chi connectivity index (χ2n) is 2.84. The van der Waals surface area contributed by atoms with E-state index in [1.807, 2.05) is 0 Å². The number of carbonyl (C=O) groups is 2. The third-order valence-corrected chi connectivity index (χ3v) is 3.01. The van der Waals surface area contributed by atoms with Gasteiger partial charge in [-0.25, -0.2) is 0 Å². The molecule has 0 aromatic carbocycles. The summed E-state index contributed by atoms with van der Waals surface area (Å²) < 4.78 is 11.1. The lowest BCUT2D eigenvalue weighted by atomic mass is 10.3. The van der Waals surface area contributed by atoms with Crippen LogP contribution >= 0.6 is 0 Å². The van der Waals surface area contributed by atoms with Crippen LogP contribution in [0.4, 0.5) is 0 Å². The summed E-state index contributed by atoms with van der Waals surface area (Å²) in [4.78, 5) is 20.2. The zero-order chi connectivity index (χ0) is 11.0. The molecule has 0 bridgehead atoms. The number of carboxylic acids is 2. The maximum atomic E-state index is 11.1. The van der Waals surface area contributed by atoms with Crippen molar-refractivity contribution in [2.24, 2.45) is 0 Å². The Bertz CT molecular complexity index is 204. The Labute approximate surface area is 84.6 Å². The van der Waals surface area contributed by atoms with E-state index in [1.165, 1.54) is 0 Å². The Balaban J connectivity index is 3.37. The van der Waals surface area contributed by atoms with Crippen LogP contribution in [0, 0.1) is 0 Å². The minimum atomic E-state index is -1.08. The predicted octanol–water partition coefficient (Wildman–Crippen LogP) is 0.465. The van der Waals surface area contributed by atoms with Gasteiger partial charge in [0.15, 0.2) is 0 Å². The normalized spacial score (nSPS) is 10.4. The summed E-state index contributed by atoms with van der Waals surface area (Å²) in [5.41, 5.74) is 0. The first kappa shape index (κ1) is 13.1. The highest BCUT2D eigenvalue weighted by Gasteiger charge is 2.04. The van der Waals surface area contributed by atoms with Crippen molar-refractivity contribution >= 4 is 22.7 Å². The molecular weight excluding hydrogens is 208 g/mol. The highest BCUT2D eigenvalue weighted by Crippen LogP contribution is 1.97. The molecule has 0 radical (unpaired) electrons. The Kier molecular flexibility index (Phi) is 7.00. The average molecular weight is 222 g/mol. The van der Waals surface area contributed by atoms with Crippen molar-refractivity contribution in [3.63, 3.8) is 0 Å². The van der Waals surface area contributed by atoms with Crippen molar-refractivity contribution in [2.45, 2.75) is 25.7 Å². The molecule has 0 fully saturated rings. The molecule has 0 aliphatic rings. The monoisotopic (exact) mass is 222 g/mol. The fraction of sp³-hybridized carbons (Fsp3) is 0.750. The maximum absolute atomic E-state index is 11.1. The Morgan fingerprint density at radius 1 is 0.929 bits per heavy atom. The third kappa shape index (κ3) is 9.18. The molecule has 2 N–H and O–H groups in total. The standard InChI is InChI=1S/C8H14O5S/c9-7(10)3-1-5-14(13)6-2-4-8(11)12/h1-6H2,(H,9,10)(H,11,12). The number of carboxylic acid groups (broad SMARTS) is 2. The van der Waals surface area contributed by atoms with Crippen molar-refractivity contribution in [1.82, 2.24) is 0 Å². The van der Waals surface area contributed by atoms with Crippen LogP contribution in [0.1, 0.15) is 25.7 Å². The minimum Gasteiger partial charge on any atom is -0.481 e. The van der Waals surface area contributed by atoms with Gasteiger partial charge in [0, 0.05) is 35.1 Å². The SMILES string of the molecule is O=C(O)CCCS(=O)CCCC(=O)O. The number of hydrogen-bond acceptors (Lipinski definition) is 3. The van der Waals surface area contributed by atoms with E-state index in [4.69, 9.17) is 10.2 Å². The molecule has 0 aliphatic heterocycles. The molecule has 0 aromatic heterocycles. The van der Waals surface area contributed by atoms with Gasteiger partial charge in [-0.3, -0.25) is 13.8 Å². The number of aliphatic carboxylic acids is 2. The van der Waals surface area contributed by atoms with E-state index in [0.29, 0.717) is 24.3 Å². The maximum Gasteiger partial charge on any atom is 0.303 e. The van der Waals surface area contributed by atoms with Crippen molar-refractivity contribution in [2.75, 3.05) is 11.5 Å². The topological polar surface area (TPSA) is 91.7 Å². The summed E-state index contributed by atoms with van der Waals surface area (Å²) >= 11 is 0. The van der Waals surface area contributed by atoms with E-state index in [1.54, 1.807) is 0 Å². The van der Waals surface area contributed by atoms with E-state index in [0.717, 1.165) is 0 Å². The first-order valence-corrected chi connectivity index (χ1v) is 5.79. The van der Waals surface area contributed by atoms with Crippen LogP contribution in [-0.4, -0.2) is 37.9 Å². The van der Waals surface area contributed by atoms with Gasteiger partial charge in [0.1, 0.15) is 0 Å². The van der Waals surface area contributed by atoms with Crippen molar-refractivity contribution in [3.8, 4) is 0 Å². The molecule has 0 rings (SSSR count). The summed E-state index contributed by atoms with van der Waals surface area (Å²) in [6, 6.07) is 0. The molecule has 0 saturated heterocycles. The largest absolute Gasteiger partial charge is 0.481 e. The van der Waals surface area contributed by atoms with Gasteiger partial charge in [0.05, 0.1) is 0 Å². The zero-order valence-electron chi connectivity index (χ0n) is 7.77. The van der Waals surface area contributed by atoms with Crippen molar-refractivity contribution < 1.29 is 24.0 Å². The fourth-order valence-electron chi connectivity index (χ4n) is 0.871. The molecule has 6 heteroatoms. The molecular formula is C8H14O5S. The quantitative estimate of drug-likeness (QED) is 0.622. The van der Waals surface area contributed by atoms with E-state index in [2.05, 4.69) is 0 Å². The summed E-state index contributed by atoms with van der Waals surface area (Å²) in [6.07, 6.45) is 0.805. The molecule has 0 heterocycles. The van der Waals surface area contributed by atoms with Crippen LogP contribution in [0.3, 0.4) is 0 Å². The van der Waals surface area contributed by atoms with Crippen LogP contribution in [0.25, 0.3) is 0 Å². The van der Waals surface area contributed by atoms with Crippen LogP contribution in [0.2, 0.25) is 0 Å². The van der Waals surface area contributed by atoms with Gasteiger partial charge >= 0.3 is 11.9 Å². The molecule has 5 nitrogen and oxygen atoms in total. The minimum absolute atomic E-state index is 0.0185. The van der Waals surface area contributed by atoms with E-state index >= 15 is 0 Å². The van der Waals surface area contributed by atoms with E-state index < -0.39 is 22.7 Å². The highest BCUT2D eigenvalue weighted by atomic mass is 32.2. The molecule has 0 spiro atoms. The third-order valence-electron chi connectivity index (χ3n) is 1.53. The molecule has 0 unspecified atom stereocenters. The second kappa shape index (κ2) is 7.49. The summed E-state index contributed by atoms with van der Waals surface area (Å²) in [5, 5.41) is 16.6. The molecule has 0 aromatic rings. The second-order valence-corrected chi connectivity index (χ2v) is 4.54. The molecule has 14 heavy (non-hydrogen) atoms. The summed E-state index contributed by atoms with van der Waals surface area (Å²) in [7, 11) is -1.08. The molecule has 0 amide bonds. The summed E-state index contributed by atoms with van der Waals surface area (Å²) in [5.74, 6) is -1.11. The molecule has 0 aliphatic carbocycles. The lowest BCUT2D eigenvalue weighted by Gasteiger charge is -1.99. The van der Waals surface area contributed by atoms with E-state index in [-0.39, 0.29) is 12.8 Å². The fourth-order valence-corrected chi connectivity index (χ4v) is 2.01. The van der Waals surface area contributed by atoms with Crippen LogP contribution in [0.15, 0.2) is 0 Å².